The van der Waals surface area contributed by atoms with Crippen LogP contribution in [0, 0.1) is 12.3 Å². The van der Waals surface area contributed by atoms with Gasteiger partial charge in [0.15, 0.2) is 11.9 Å². The molecule has 9 nitrogen and oxygen atoms in total. The largest absolute Gasteiger partial charge is 0.394 e. The molecule has 0 amide bonds. The van der Waals surface area contributed by atoms with Crippen LogP contribution in [0.1, 0.15) is 6.23 Å². The van der Waals surface area contributed by atoms with Gasteiger partial charge in [-0.1, -0.05) is 5.92 Å². The Labute approximate surface area is 125 Å². The molecular formula is C13H15N5O4. The lowest BCUT2D eigenvalue weighted by Crippen LogP contribution is -2.33. The monoisotopic (exact) mass is 305 g/mol. The molecule has 4 N–H and O–H groups in total. The third kappa shape index (κ3) is 2.38. The lowest BCUT2D eigenvalue weighted by molar-refractivity contribution is -0.0511. The lowest BCUT2D eigenvalue weighted by Gasteiger charge is -2.16. The second kappa shape index (κ2) is 5.86. The number of hydrogen-bond acceptors (Lipinski definition) is 8. The third-order valence-corrected chi connectivity index (χ3v) is 3.46. The second-order valence-corrected chi connectivity index (χ2v) is 4.84. The maximum atomic E-state index is 10.1. The summed E-state index contributed by atoms with van der Waals surface area (Å²) in [6, 6.07) is 0. The number of anilines is 1. The van der Waals surface area contributed by atoms with Gasteiger partial charge in [0.1, 0.15) is 23.8 Å². The molecular weight excluding hydrogens is 290 g/mol. The molecule has 4 atom stereocenters. The van der Waals surface area contributed by atoms with Gasteiger partial charge in [-0.25, -0.2) is 9.97 Å². The van der Waals surface area contributed by atoms with Crippen LogP contribution in [0.15, 0.2) is 12.5 Å². The van der Waals surface area contributed by atoms with E-state index in [1.165, 1.54) is 17.1 Å². The summed E-state index contributed by atoms with van der Waals surface area (Å²) in [5.41, 5.74) is 0.924. The van der Waals surface area contributed by atoms with E-state index >= 15 is 0 Å². The van der Waals surface area contributed by atoms with Gasteiger partial charge in [0, 0.05) is 0 Å². The lowest BCUT2D eigenvalue weighted by atomic mass is 10.1. The van der Waals surface area contributed by atoms with Gasteiger partial charge >= 0.3 is 0 Å². The fourth-order valence-corrected chi connectivity index (χ4v) is 2.34. The zero-order valence-electron chi connectivity index (χ0n) is 11.5. The summed E-state index contributed by atoms with van der Waals surface area (Å²) < 4.78 is 6.96. The van der Waals surface area contributed by atoms with E-state index in [1.807, 2.05) is 0 Å². The van der Waals surface area contributed by atoms with Crippen molar-refractivity contribution in [1.29, 1.82) is 0 Å². The van der Waals surface area contributed by atoms with Gasteiger partial charge < -0.3 is 25.4 Å². The molecule has 22 heavy (non-hydrogen) atoms. The first kappa shape index (κ1) is 14.7. The van der Waals surface area contributed by atoms with E-state index < -0.39 is 31.1 Å². The Kier molecular flexibility index (Phi) is 3.91. The molecule has 0 aliphatic carbocycles. The highest BCUT2D eigenvalue weighted by molar-refractivity contribution is 5.71. The second-order valence-electron chi connectivity index (χ2n) is 4.84. The minimum absolute atomic E-state index is 0.271. The van der Waals surface area contributed by atoms with Crippen molar-refractivity contribution in [3.63, 3.8) is 0 Å². The van der Waals surface area contributed by atoms with E-state index in [4.69, 9.17) is 16.3 Å². The first-order chi connectivity index (χ1) is 10.7. The van der Waals surface area contributed by atoms with Crippen LogP contribution in [0.4, 0.5) is 5.95 Å². The van der Waals surface area contributed by atoms with Crippen molar-refractivity contribution in [2.24, 2.45) is 0 Å². The van der Waals surface area contributed by atoms with E-state index in [0.717, 1.165) is 0 Å². The van der Waals surface area contributed by atoms with Crippen molar-refractivity contribution in [2.75, 3.05) is 18.5 Å². The normalized spacial score (nSPS) is 27.9. The van der Waals surface area contributed by atoms with E-state index in [0.29, 0.717) is 17.1 Å². The van der Waals surface area contributed by atoms with Crippen molar-refractivity contribution >= 4 is 17.1 Å². The molecule has 0 saturated carbocycles. The minimum atomic E-state index is -1.20. The number of imidazole rings is 1. The minimum Gasteiger partial charge on any atom is -0.394 e. The highest BCUT2D eigenvalue weighted by Gasteiger charge is 2.43. The zero-order valence-corrected chi connectivity index (χ0v) is 11.5. The Bertz CT molecular complexity index is 712. The van der Waals surface area contributed by atoms with Crippen LogP contribution in [0.25, 0.3) is 11.2 Å². The van der Waals surface area contributed by atoms with Crippen LogP contribution >= 0.6 is 0 Å². The standard InChI is InChI=1S/C13H15N5O4/c1-2-3-14-13-15-4-7-11(17-13)18(6-16-7)12-10(21)9(20)8(5-19)22-12/h1,4,6,8-10,12,19-21H,3,5H2,(H,14,15,17)/t8-,9-,10-,12-/m1/s1. The number of fused-ring (bicyclic) bond motifs is 1. The molecule has 0 spiro atoms. The summed E-state index contributed by atoms with van der Waals surface area (Å²) in [5, 5.41) is 31.9. The Morgan fingerprint density at radius 1 is 1.36 bits per heavy atom. The predicted molar refractivity (Wildman–Crippen MR) is 75.7 cm³/mol. The molecule has 0 bridgehead atoms. The maximum absolute atomic E-state index is 10.1. The van der Waals surface area contributed by atoms with Crippen molar-refractivity contribution in [1.82, 2.24) is 19.5 Å². The van der Waals surface area contributed by atoms with Crippen molar-refractivity contribution in [2.45, 2.75) is 24.5 Å². The number of aromatic nitrogens is 4. The SMILES string of the molecule is C#CCNc1ncc2ncn([C@@H]3O[C@H](CO)[C@@H](O)[C@H]3O)c2n1. The highest BCUT2D eigenvalue weighted by Crippen LogP contribution is 2.31. The van der Waals surface area contributed by atoms with Crippen LogP contribution in [0.5, 0.6) is 0 Å². The summed E-state index contributed by atoms with van der Waals surface area (Å²) in [7, 11) is 0. The van der Waals surface area contributed by atoms with Gasteiger partial charge in [-0.15, -0.1) is 6.42 Å². The first-order valence-corrected chi connectivity index (χ1v) is 6.65. The van der Waals surface area contributed by atoms with Gasteiger partial charge in [0.2, 0.25) is 5.95 Å². The fraction of sp³-hybridized carbons (Fsp3) is 0.462. The molecule has 3 rings (SSSR count). The molecule has 3 heterocycles. The van der Waals surface area contributed by atoms with Crippen molar-refractivity contribution < 1.29 is 20.1 Å². The summed E-state index contributed by atoms with van der Waals surface area (Å²) in [6.45, 7) is -0.126. The number of terminal acetylenes is 1. The van der Waals surface area contributed by atoms with E-state index in [1.54, 1.807) is 0 Å². The number of nitrogens with zero attached hydrogens (tertiary/aromatic N) is 4. The highest BCUT2D eigenvalue weighted by atomic mass is 16.6. The van der Waals surface area contributed by atoms with Gasteiger partial charge in [-0.05, 0) is 0 Å². The first-order valence-electron chi connectivity index (χ1n) is 6.65. The Morgan fingerprint density at radius 2 is 2.18 bits per heavy atom. The molecule has 0 radical (unpaired) electrons. The molecule has 2 aromatic heterocycles. The number of aliphatic hydroxyl groups is 3. The van der Waals surface area contributed by atoms with Gasteiger partial charge in [-0.2, -0.15) is 4.98 Å². The molecule has 116 valence electrons. The van der Waals surface area contributed by atoms with E-state index in [9.17, 15) is 10.2 Å². The quantitative estimate of drug-likeness (QED) is 0.502. The molecule has 0 unspecified atom stereocenters. The van der Waals surface area contributed by atoms with Crippen LogP contribution in [-0.2, 0) is 4.74 Å². The topological polar surface area (TPSA) is 126 Å². The molecule has 1 saturated heterocycles. The number of hydrogen-bond donors (Lipinski definition) is 4. The maximum Gasteiger partial charge on any atom is 0.225 e. The number of rotatable bonds is 4. The molecule has 2 aromatic rings. The van der Waals surface area contributed by atoms with Gasteiger partial charge in [0.05, 0.1) is 25.7 Å². The smallest absolute Gasteiger partial charge is 0.225 e. The predicted octanol–water partition coefficient (Wildman–Crippen LogP) is -1.52. The fourth-order valence-electron chi connectivity index (χ4n) is 2.34. The van der Waals surface area contributed by atoms with Crippen LogP contribution in [0.3, 0.4) is 0 Å². The summed E-state index contributed by atoms with van der Waals surface area (Å²) >= 11 is 0. The zero-order chi connectivity index (χ0) is 15.7. The van der Waals surface area contributed by atoms with Crippen molar-refractivity contribution in [3.05, 3.63) is 12.5 Å². The average Bonchev–Trinajstić information content (AvgIpc) is 3.07. The molecule has 1 aliphatic heterocycles. The molecule has 9 heteroatoms. The summed E-state index contributed by atoms with van der Waals surface area (Å²) in [6.07, 6.45) is 3.97. The van der Waals surface area contributed by atoms with Crippen LogP contribution in [0.2, 0.25) is 0 Å². The van der Waals surface area contributed by atoms with E-state index in [2.05, 4.69) is 26.2 Å². The Morgan fingerprint density at radius 3 is 2.86 bits per heavy atom. The van der Waals surface area contributed by atoms with Crippen molar-refractivity contribution in [3.8, 4) is 12.3 Å². The van der Waals surface area contributed by atoms with Crippen LogP contribution < -0.4 is 5.32 Å². The summed E-state index contributed by atoms with van der Waals surface area (Å²) in [4.78, 5) is 12.5. The molecule has 0 aromatic carbocycles. The average molecular weight is 305 g/mol. The third-order valence-electron chi connectivity index (χ3n) is 3.46. The summed E-state index contributed by atoms with van der Waals surface area (Å²) in [5.74, 6) is 2.73. The Balaban J connectivity index is 1.95. The number of ether oxygens (including phenoxy) is 1. The Hall–Kier alpha value is -2.25. The van der Waals surface area contributed by atoms with E-state index in [-0.39, 0.29) is 6.54 Å². The molecule has 1 fully saturated rings. The van der Waals surface area contributed by atoms with Gasteiger partial charge in [0.25, 0.3) is 0 Å². The van der Waals surface area contributed by atoms with Gasteiger partial charge in [-0.3, -0.25) is 4.57 Å². The number of aliphatic hydroxyl groups excluding tert-OH is 3. The van der Waals surface area contributed by atoms with Crippen LogP contribution in [-0.4, -0.2) is 66.3 Å². The number of nitrogens with one attached hydrogen (secondary N) is 1. The molecule has 1 aliphatic rings.